The monoisotopic (exact) mass is 330 g/mol. The number of aliphatic hydroxyl groups is 2. The van der Waals surface area contributed by atoms with E-state index in [2.05, 4.69) is 0 Å². The summed E-state index contributed by atoms with van der Waals surface area (Å²) in [5.74, 6) is -0.115. The Bertz CT molecular complexity index is 943. The summed E-state index contributed by atoms with van der Waals surface area (Å²) < 4.78 is 30.4. The first kappa shape index (κ1) is 15.5. The lowest BCUT2D eigenvalue weighted by Gasteiger charge is -2.13. The fourth-order valence-electron chi connectivity index (χ4n) is 2.35. The largest absolute Gasteiger partial charge is 0.378 e. The third-order valence-corrected chi connectivity index (χ3v) is 4.71. The number of para-hydroxylation sites is 1. The van der Waals surface area contributed by atoms with Crippen LogP contribution in [0.2, 0.25) is 0 Å². The number of rotatable bonds is 4. The second-order valence-corrected chi connectivity index (χ2v) is 6.44. The normalized spacial score (nSPS) is 11.8. The maximum Gasteiger partial charge on any atom is 0.339 e. The van der Waals surface area contributed by atoms with E-state index < -0.39 is 16.4 Å². The Kier molecular flexibility index (Phi) is 4.04. The highest BCUT2D eigenvalue weighted by Gasteiger charge is 2.22. The van der Waals surface area contributed by atoms with Crippen molar-refractivity contribution >= 4 is 20.9 Å². The fraction of sp³-hybridized carbons (Fsp3) is 0.0588. The summed E-state index contributed by atoms with van der Waals surface area (Å²) in [6.45, 7) is 0. The number of hydrogen-bond acceptors (Lipinski definition) is 5. The molecular weight excluding hydrogens is 316 g/mol. The molecule has 0 spiro atoms. The maximum absolute atomic E-state index is 12.6. The van der Waals surface area contributed by atoms with E-state index in [1.165, 1.54) is 18.2 Å². The van der Waals surface area contributed by atoms with Crippen LogP contribution in [-0.2, 0) is 10.1 Å². The Morgan fingerprint density at radius 1 is 0.826 bits per heavy atom. The summed E-state index contributed by atoms with van der Waals surface area (Å²) in [6.07, 6.45) is -1.83. The first-order chi connectivity index (χ1) is 11.0. The number of benzene rings is 3. The second-order valence-electron chi connectivity index (χ2n) is 4.93. The predicted molar refractivity (Wildman–Crippen MR) is 85.4 cm³/mol. The zero-order valence-electron chi connectivity index (χ0n) is 12.0. The van der Waals surface area contributed by atoms with Crippen molar-refractivity contribution in [3.05, 3.63) is 72.3 Å². The van der Waals surface area contributed by atoms with Gasteiger partial charge in [-0.3, -0.25) is 0 Å². The van der Waals surface area contributed by atoms with E-state index in [1.54, 1.807) is 42.5 Å². The summed E-state index contributed by atoms with van der Waals surface area (Å²) in [7, 11) is -4.12. The summed E-state index contributed by atoms with van der Waals surface area (Å²) >= 11 is 0. The van der Waals surface area contributed by atoms with Crippen molar-refractivity contribution in [3.8, 4) is 5.75 Å². The van der Waals surface area contributed by atoms with Gasteiger partial charge in [-0.05, 0) is 17.5 Å². The van der Waals surface area contributed by atoms with Gasteiger partial charge in [0.25, 0.3) is 0 Å². The molecule has 0 unspecified atom stereocenters. The molecule has 0 aromatic heterocycles. The summed E-state index contributed by atoms with van der Waals surface area (Å²) in [4.78, 5) is 0.0258. The van der Waals surface area contributed by atoms with Gasteiger partial charge in [0.05, 0.1) is 5.56 Å². The van der Waals surface area contributed by atoms with E-state index in [1.807, 2.05) is 6.07 Å². The summed E-state index contributed by atoms with van der Waals surface area (Å²) in [6, 6.07) is 17.8. The van der Waals surface area contributed by atoms with Crippen LogP contribution in [0.1, 0.15) is 11.9 Å². The molecule has 0 fully saturated rings. The van der Waals surface area contributed by atoms with Crippen LogP contribution in [0.4, 0.5) is 0 Å². The summed E-state index contributed by atoms with van der Waals surface area (Å²) in [5, 5.41) is 20.0. The van der Waals surface area contributed by atoms with Crippen molar-refractivity contribution in [1.29, 1.82) is 0 Å². The van der Waals surface area contributed by atoms with Gasteiger partial charge < -0.3 is 14.4 Å². The van der Waals surface area contributed by atoms with Crippen molar-refractivity contribution in [2.75, 3.05) is 0 Å². The first-order valence-electron chi connectivity index (χ1n) is 6.86. The zero-order chi connectivity index (χ0) is 16.4. The molecule has 0 saturated heterocycles. The van der Waals surface area contributed by atoms with Crippen LogP contribution in [0, 0.1) is 0 Å². The van der Waals surface area contributed by atoms with Gasteiger partial charge in [-0.2, -0.15) is 8.42 Å². The third-order valence-electron chi connectivity index (χ3n) is 3.42. The number of aliphatic hydroxyl groups excluding tert-OH is 1. The van der Waals surface area contributed by atoms with E-state index in [0.717, 1.165) is 5.39 Å². The lowest BCUT2D eigenvalue weighted by atomic mass is 10.1. The van der Waals surface area contributed by atoms with Crippen molar-refractivity contribution in [2.24, 2.45) is 0 Å². The molecule has 2 N–H and O–H groups in total. The number of fused-ring (bicyclic) bond motifs is 1. The Balaban J connectivity index is 2.09. The maximum atomic E-state index is 12.6. The number of hydrogen-bond donors (Lipinski definition) is 2. The van der Waals surface area contributed by atoms with Gasteiger partial charge in [-0.25, -0.2) is 0 Å². The average molecular weight is 330 g/mol. The molecule has 0 amide bonds. The van der Waals surface area contributed by atoms with Crippen LogP contribution in [0.5, 0.6) is 5.75 Å². The molecule has 6 heteroatoms. The van der Waals surface area contributed by atoms with Crippen molar-refractivity contribution in [3.63, 3.8) is 0 Å². The minimum Gasteiger partial charge on any atom is -0.378 e. The molecule has 0 aliphatic rings. The van der Waals surface area contributed by atoms with Gasteiger partial charge in [0.15, 0.2) is 12.0 Å². The molecule has 0 bridgehead atoms. The van der Waals surface area contributed by atoms with Crippen LogP contribution in [0.25, 0.3) is 10.8 Å². The molecule has 0 radical (unpaired) electrons. The lowest BCUT2D eigenvalue weighted by molar-refractivity contribution is -0.0433. The van der Waals surface area contributed by atoms with E-state index in [0.29, 0.717) is 5.39 Å². The van der Waals surface area contributed by atoms with E-state index in [4.69, 9.17) is 4.18 Å². The molecule has 5 nitrogen and oxygen atoms in total. The third kappa shape index (κ3) is 3.05. The van der Waals surface area contributed by atoms with Crippen molar-refractivity contribution in [2.45, 2.75) is 11.2 Å². The SMILES string of the molecule is O=S(=O)(Oc1ccccc1C(O)O)c1cccc2ccccc12. The Labute approximate surface area is 133 Å². The molecule has 0 aliphatic heterocycles. The highest BCUT2D eigenvalue weighted by molar-refractivity contribution is 7.87. The van der Waals surface area contributed by atoms with Crippen LogP contribution in [0.15, 0.2) is 71.6 Å². The highest BCUT2D eigenvalue weighted by Crippen LogP contribution is 2.29. The topological polar surface area (TPSA) is 83.8 Å². The predicted octanol–water partition coefficient (Wildman–Crippen LogP) is 2.59. The van der Waals surface area contributed by atoms with Crippen molar-refractivity contribution in [1.82, 2.24) is 0 Å². The standard InChI is InChI=1S/C17H14O5S/c18-17(19)14-9-3-4-10-15(14)22-23(20,21)16-11-5-7-12-6-1-2-8-13(12)16/h1-11,17-19H. The van der Waals surface area contributed by atoms with E-state index in [-0.39, 0.29) is 16.2 Å². The quantitative estimate of drug-likeness (QED) is 0.567. The molecule has 3 aromatic rings. The van der Waals surface area contributed by atoms with Gasteiger partial charge in [0.1, 0.15) is 4.90 Å². The van der Waals surface area contributed by atoms with Gasteiger partial charge in [-0.1, -0.05) is 54.6 Å². The minimum atomic E-state index is -4.12. The second kappa shape index (κ2) is 6.00. The molecule has 3 rings (SSSR count). The van der Waals surface area contributed by atoms with Crippen LogP contribution in [-0.4, -0.2) is 18.6 Å². The molecule has 3 aromatic carbocycles. The Morgan fingerprint density at radius 2 is 1.48 bits per heavy atom. The summed E-state index contributed by atoms with van der Waals surface area (Å²) in [5.41, 5.74) is -0.0173. The van der Waals surface area contributed by atoms with E-state index in [9.17, 15) is 18.6 Å². The fourth-order valence-corrected chi connectivity index (χ4v) is 3.52. The average Bonchev–Trinajstić information content (AvgIpc) is 2.54. The van der Waals surface area contributed by atoms with Gasteiger partial charge in [-0.15, -0.1) is 0 Å². The Hall–Kier alpha value is -2.41. The molecule has 23 heavy (non-hydrogen) atoms. The van der Waals surface area contributed by atoms with Gasteiger partial charge >= 0.3 is 10.1 Å². The molecule has 0 aliphatic carbocycles. The highest BCUT2D eigenvalue weighted by atomic mass is 32.2. The zero-order valence-corrected chi connectivity index (χ0v) is 12.8. The first-order valence-corrected chi connectivity index (χ1v) is 8.27. The van der Waals surface area contributed by atoms with Crippen LogP contribution in [0.3, 0.4) is 0 Å². The molecule has 118 valence electrons. The van der Waals surface area contributed by atoms with Crippen molar-refractivity contribution < 1.29 is 22.8 Å². The van der Waals surface area contributed by atoms with Crippen LogP contribution < -0.4 is 4.18 Å². The van der Waals surface area contributed by atoms with E-state index >= 15 is 0 Å². The van der Waals surface area contributed by atoms with Crippen LogP contribution >= 0.6 is 0 Å². The molecule has 0 atom stereocenters. The Morgan fingerprint density at radius 3 is 2.26 bits per heavy atom. The molecular formula is C17H14O5S. The van der Waals surface area contributed by atoms with Gasteiger partial charge in [0, 0.05) is 5.39 Å². The minimum absolute atomic E-state index is 0.0173. The molecule has 0 heterocycles. The van der Waals surface area contributed by atoms with Gasteiger partial charge in [0.2, 0.25) is 0 Å². The molecule has 0 saturated carbocycles. The smallest absolute Gasteiger partial charge is 0.339 e. The lowest BCUT2D eigenvalue weighted by Crippen LogP contribution is -2.12.